The van der Waals surface area contributed by atoms with Crippen LogP contribution >= 0.6 is 34.5 Å². The van der Waals surface area contributed by atoms with Crippen molar-refractivity contribution in [3.05, 3.63) is 44.6 Å². The molecule has 0 atom stereocenters. The second kappa shape index (κ2) is 6.32. The molecular formula is C12H12Cl2N2O2S2. The smallest absolute Gasteiger partial charge is 0.242 e. The minimum atomic E-state index is -3.67. The van der Waals surface area contributed by atoms with Gasteiger partial charge in [-0.2, -0.15) is 0 Å². The number of nitrogens with two attached hydrogens (primary N) is 1. The number of nitrogens with one attached hydrogen (secondary N) is 1. The van der Waals surface area contributed by atoms with Crippen LogP contribution in [0.3, 0.4) is 0 Å². The number of anilines is 1. The van der Waals surface area contributed by atoms with E-state index in [1.165, 1.54) is 23.5 Å². The standard InChI is InChI=1S/C12H12Cl2N2O2S2/c13-10-3-1-8(15)7-11(10)20(17,18)16-6-5-9-2-4-12(14)19-9/h1-4,7,16H,5-6,15H2. The third-order valence-corrected chi connectivity index (χ3v) is 5.77. The largest absolute Gasteiger partial charge is 0.399 e. The summed E-state index contributed by atoms with van der Waals surface area (Å²) in [4.78, 5) is 1.000. The molecule has 0 unspecified atom stereocenters. The van der Waals surface area contributed by atoms with Crippen LogP contribution in [0.5, 0.6) is 0 Å². The molecule has 0 aliphatic heterocycles. The second-order valence-electron chi connectivity index (χ2n) is 4.04. The number of hydrogen-bond donors (Lipinski definition) is 2. The third kappa shape index (κ3) is 3.86. The van der Waals surface area contributed by atoms with Crippen molar-refractivity contribution in [2.24, 2.45) is 0 Å². The molecule has 0 fully saturated rings. The van der Waals surface area contributed by atoms with Gasteiger partial charge in [-0.25, -0.2) is 13.1 Å². The van der Waals surface area contributed by atoms with Crippen LogP contribution in [0.1, 0.15) is 4.88 Å². The molecule has 8 heteroatoms. The number of hydrogen-bond acceptors (Lipinski definition) is 4. The lowest BCUT2D eigenvalue weighted by Crippen LogP contribution is -2.26. The Kier molecular flexibility index (Phi) is 4.93. The lowest BCUT2D eigenvalue weighted by atomic mass is 10.3. The molecule has 1 heterocycles. The van der Waals surface area contributed by atoms with Crippen LogP contribution in [0.15, 0.2) is 35.2 Å². The summed E-state index contributed by atoms with van der Waals surface area (Å²) in [6.07, 6.45) is 0.566. The van der Waals surface area contributed by atoms with Crippen molar-refractivity contribution in [3.8, 4) is 0 Å². The zero-order valence-electron chi connectivity index (χ0n) is 10.3. The van der Waals surface area contributed by atoms with Crippen molar-refractivity contribution in [3.63, 3.8) is 0 Å². The molecule has 0 radical (unpaired) electrons. The molecule has 0 spiro atoms. The second-order valence-corrected chi connectivity index (χ2v) is 7.99. The highest BCUT2D eigenvalue weighted by Crippen LogP contribution is 2.24. The Morgan fingerprint density at radius 1 is 1.20 bits per heavy atom. The van der Waals surface area contributed by atoms with Gasteiger partial charge < -0.3 is 5.73 Å². The van der Waals surface area contributed by atoms with E-state index >= 15 is 0 Å². The molecule has 2 rings (SSSR count). The first-order valence-corrected chi connectivity index (χ1v) is 8.73. The first kappa shape index (κ1) is 15.6. The van der Waals surface area contributed by atoms with Gasteiger partial charge in [0.15, 0.2) is 0 Å². The van der Waals surface area contributed by atoms with Crippen molar-refractivity contribution in [2.45, 2.75) is 11.3 Å². The van der Waals surface area contributed by atoms with Crippen molar-refractivity contribution in [1.82, 2.24) is 4.72 Å². The number of halogens is 2. The average Bonchev–Trinajstić information content (AvgIpc) is 2.78. The number of thiophene rings is 1. The van der Waals surface area contributed by atoms with Gasteiger partial charge in [-0.15, -0.1) is 11.3 Å². The van der Waals surface area contributed by atoms with Crippen LogP contribution < -0.4 is 10.5 Å². The Morgan fingerprint density at radius 3 is 2.60 bits per heavy atom. The normalized spacial score (nSPS) is 11.7. The van der Waals surface area contributed by atoms with Crippen LogP contribution in [0.4, 0.5) is 5.69 Å². The van der Waals surface area contributed by atoms with Gasteiger partial charge in [0.1, 0.15) is 4.90 Å². The van der Waals surface area contributed by atoms with Crippen LogP contribution in [0.25, 0.3) is 0 Å². The van der Waals surface area contributed by atoms with E-state index in [1.54, 1.807) is 12.1 Å². The van der Waals surface area contributed by atoms with E-state index in [9.17, 15) is 8.42 Å². The predicted molar refractivity (Wildman–Crippen MR) is 84.1 cm³/mol. The topological polar surface area (TPSA) is 72.2 Å². The summed E-state index contributed by atoms with van der Waals surface area (Å²) in [6.45, 7) is 0.268. The van der Waals surface area contributed by atoms with E-state index in [0.29, 0.717) is 16.4 Å². The van der Waals surface area contributed by atoms with Gasteiger partial charge in [0.05, 0.1) is 9.36 Å². The fourth-order valence-corrected chi connectivity index (χ4v) is 4.25. The predicted octanol–water partition coefficient (Wildman–Crippen LogP) is 3.16. The zero-order chi connectivity index (χ0) is 14.8. The molecule has 0 aliphatic carbocycles. The van der Waals surface area contributed by atoms with Gasteiger partial charge in [0.25, 0.3) is 0 Å². The molecule has 1 aromatic carbocycles. The van der Waals surface area contributed by atoms with Gasteiger partial charge in [-0.3, -0.25) is 0 Å². The summed E-state index contributed by atoms with van der Waals surface area (Å²) < 4.78 is 27.4. The summed E-state index contributed by atoms with van der Waals surface area (Å²) in [6, 6.07) is 8.01. The summed E-state index contributed by atoms with van der Waals surface area (Å²) in [7, 11) is -3.67. The van der Waals surface area contributed by atoms with E-state index in [1.807, 2.05) is 6.07 Å². The van der Waals surface area contributed by atoms with Crippen molar-refractivity contribution in [2.75, 3.05) is 12.3 Å². The van der Waals surface area contributed by atoms with Crippen molar-refractivity contribution < 1.29 is 8.42 Å². The van der Waals surface area contributed by atoms with Gasteiger partial charge >= 0.3 is 0 Å². The Morgan fingerprint density at radius 2 is 1.95 bits per heavy atom. The fourth-order valence-electron chi connectivity index (χ4n) is 1.60. The van der Waals surface area contributed by atoms with Crippen LogP contribution in [0, 0.1) is 0 Å². The zero-order valence-corrected chi connectivity index (χ0v) is 13.4. The lowest BCUT2D eigenvalue weighted by molar-refractivity contribution is 0.582. The molecule has 0 aliphatic rings. The van der Waals surface area contributed by atoms with Crippen LogP contribution in [0.2, 0.25) is 9.36 Å². The molecule has 0 saturated heterocycles. The van der Waals surface area contributed by atoms with E-state index in [2.05, 4.69) is 4.72 Å². The Hall–Kier alpha value is -0.790. The van der Waals surface area contributed by atoms with Gasteiger partial charge in [0, 0.05) is 17.1 Å². The van der Waals surface area contributed by atoms with E-state index < -0.39 is 10.0 Å². The Labute approximate surface area is 131 Å². The number of benzene rings is 1. The maximum Gasteiger partial charge on any atom is 0.242 e. The molecule has 0 saturated carbocycles. The third-order valence-electron chi connectivity index (χ3n) is 2.54. The van der Waals surface area contributed by atoms with Crippen LogP contribution in [-0.4, -0.2) is 15.0 Å². The van der Waals surface area contributed by atoms with Gasteiger partial charge in [-0.1, -0.05) is 23.2 Å². The highest BCUT2D eigenvalue weighted by Gasteiger charge is 2.17. The summed E-state index contributed by atoms with van der Waals surface area (Å²) in [5, 5.41) is 0.144. The minimum Gasteiger partial charge on any atom is -0.399 e. The first-order valence-electron chi connectivity index (χ1n) is 5.67. The Balaban J connectivity index is 2.06. The van der Waals surface area contributed by atoms with Gasteiger partial charge in [0.2, 0.25) is 10.0 Å². The molecule has 4 nitrogen and oxygen atoms in total. The minimum absolute atomic E-state index is 0.0108. The maximum absolute atomic E-state index is 12.1. The van der Waals surface area contributed by atoms with Crippen molar-refractivity contribution in [1.29, 1.82) is 0 Å². The Bertz CT molecular complexity index is 714. The number of rotatable bonds is 5. The van der Waals surface area contributed by atoms with E-state index in [4.69, 9.17) is 28.9 Å². The number of sulfonamides is 1. The lowest BCUT2D eigenvalue weighted by Gasteiger charge is -2.08. The molecule has 0 bridgehead atoms. The molecule has 0 amide bonds. The molecule has 3 N–H and O–H groups in total. The molecule has 1 aromatic heterocycles. The molecular weight excluding hydrogens is 339 g/mol. The quantitative estimate of drug-likeness (QED) is 0.813. The monoisotopic (exact) mass is 350 g/mol. The SMILES string of the molecule is Nc1ccc(Cl)c(S(=O)(=O)NCCc2ccc(Cl)s2)c1. The highest BCUT2D eigenvalue weighted by atomic mass is 35.5. The van der Waals surface area contributed by atoms with Crippen LogP contribution in [-0.2, 0) is 16.4 Å². The molecule has 20 heavy (non-hydrogen) atoms. The average molecular weight is 351 g/mol. The maximum atomic E-state index is 12.1. The molecule has 108 valence electrons. The summed E-state index contributed by atoms with van der Waals surface area (Å²) in [5.74, 6) is 0. The highest BCUT2D eigenvalue weighted by molar-refractivity contribution is 7.89. The van der Waals surface area contributed by atoms with E-state index in [0.717, 1.165) is 4.88 Å². The summed E-state index contributed by atoms with van der Waals surface area (Å²) in [5.41, 5.74) is 5.93. The van der Waals surface area contributed by atoms with Gasteiger partial charge in [-0.05, 0) is 36.8 Å². The fraction of sp³-hybridized carbons (Fsp3) is 0.167. The first-order chi connectivity index (χ1) is 9.38. The van der Waals surface area contributed by atoms with E-state index in [-0.39, 0.29) is 16.5 Å². The summed E-state index contributed by atoms with van der Waals surface area (Å²) >= 11 is 13.1. The number of nitrogen functional groups attached to an aromatic ring is 1. The molecule has 2 aromatic rings. The van der Waals surface area contributed by atoms with Crippen molar-refractivity contribution >= 4 is 50.2 Å².